The molecule has 1 N–H and O–H groups in total. The molecule has 2 aromatic heterocycles. The fourth-order valence-corrected chi connectivity index (χ4v) is 2.85. The van der Waals surface area contributed by atoms with Gasteiger partial charge in [0.15, 0.2) is 5.82 Å². The van der Waals surface area contributed by atoms with Crippen molar-refractivity contribution in [1.82, 2.24) is 14.8 Å². The molecule has 0 unspecified atom stereocenters. The van der Waals surface area contributed by atoms with Crippen LogP contribution in [0.4, 0.5) is 5.69 Å². The zero-order valence-corrected chi connectivity index (χ0v) is 11.8. The molecule has 0 fully saturated rings. The lowest BCUT2D eigenvalue weighted by Gasteiger charge is -2.03. The number of rotatable bonds is 5. The van der Waals surface area contributed by atoms with E-state index < -0.39 is 10.0 Å². The summed E-state index contributed by atoms with van der Waals surface area (Å²) in [6.07, 6.45) is 5.08. The predicted molar refractivity (Wildman–Crippen MR) is 74.1 cm³/mol. The molecule has 0 amide bonds. The first-order valence-corrected chi connectivity index (χ1v) is 7.71. The van der Waals surface area contributed by atoms with Crippen molar-refractivity contribution >= 4 is 27.3 Å². The minimum atomic E-state index is -3.32. The van der Waals surface area contributed by atoms with Crippen LogP contribution in [-0.4, -0.2) is 28.9 Å². The van der Waals surface area contributed by atoms with Crippen molar-refractivity contribution < 1.29 is 8.42 Å². The predicted octanol–water partition coefficient (Wildman–Crippen LogP) is 2.07. The van der Waals surface area contributed by atoms with Crippen LogP contribution >= 0.6 is 11.6 Å². The van der Waals surface area contributed by atoms with E-state index in [2.05, 4.69) is 14.8 Å². The summed E-state index contributed by atoms with van der Waals surface area (Å²) in [5.74, 6) is 0.521. The molecule has 0 aliphatic heterocycles. The van der Waals surface area contributed by atoms with Gasteiger partial charge in [-0.15, -0.1) is 0 Å². The van der Waals surface area contributed by atoms with E-state index in [1.54, 1.807) is 25.3 Å². The highest BCUT2D eigenvalue weighted by Gasteiger charge is 2.11. The number of pyridine rings is 1. The van der Waals surface area contributed by atoms with Crippen molar-refractivity contribution in [2.24, 2.45) is 0 Å². The Morgan fingerprint density at radius 1 is 1.47 bits per heavy atom. The third-order valence-corrected chi connectivity index (χ3v) is 4.07. The maximum absolute atomic E-state index is 11.6. The number of hydrogen-bond acceptors (Lipinski definition) is 4. The lowest BCUT2D eigenvalue weighted by atomic mass is 10.4. The number of sulfonamides is 1. The van der Waals surface area contributed by atoms with Crippen molar-refractivity contribution in [2.75, 3.05) is 10.5 Å². The highest BCUT2D eigenvalue weighted by molar-refractivity contribution is 7.92. The zero-order valence-electron chi connectivity index (χ0n) is 10.2. The molecule has 0 saturated carbocycles. The average molecular weight is 301 g/mol. The number of nitrogens with one attached hydrogen (secondary N) is 1. The standard InChI is InChI=1S/C11H13ClN4O2S/c1-2-6-19(17,18)15-9-7-14-16(8-9)11-10(12)4-3-5-13-11/h3-5,7-8,15H,2,6H2,1H3. The van der Waals surface area contributed by atoms with Gasteiger partial charge in [0.2, 0.25) is 10.0 Å². The summed E-state index contributed by atoms with van der Waals surface area (Å²) in [6.45, 7) is 1.80. The van der Waals surface area contributed by atoms with Gasteiger partial charge in [-0.25, -0.2) is 18.1 Å². The van der Waals surface area contributed by atoms with Crippen molar-refractivity contribution in [1.29, 1.82) is 0 Å². The largest absolute Gasteiger partial charge is 0.280 e. The second-order valence-electron chi connectivity index (χ2n) is 3.90. The monoisotopic (exact) mass is 300 g/mol. The molecule has 0 aliphatic carbocycles. The lowest BCUT2D eigenvalue weighted by Crippen LogP contribution is -2.15. The Balaban J connectivity index is 2.23. The molecule has 19 heavy (non-hydrogen) atoms. The van der Waals surface area contributed by atoms with Crippen LogP contribution in [0, 0.1) is 0 Å². The van der Waals surface area contributed by atoms with Crippen LogP contribution in [0.2, 0.25) is 5.02 Å². The Bertz CT molecular complexity index is 669. The maximum atomic E-state index is 11.6. The van der Waals surface area contributed by atoms with Gasteiger partial charge in [0.25, 0.3) is 0 Å². The summed E-state index contributed by atoms with van der Waals surface area (Å²) in [4.78, 5) is 4.09. The molecule has 6 nitrogen and oxygen atoms in total. The molecule has 0 bridgehead atoms. The minimum Gasteiger partial charge on any atom is -0.280 e. The summed E-state index contributed by atoms with van der Waals surface area (Å²) in [5.41, 5.74) is 0.384. The van der Waals surface area contributed by atoms with E-state index in [-0.39, 0.29) is 5.75 Å². The summed E-state index contributed by atoms with van der Waals surface area (Å²) >= 11 is 5.99. The van der Waals surface area contributed by atoms with Crippen LogP contribution in [-0.2, 0) is 10.0 Å². The zero-order chi connectivity index (χ0) is 13.9. The van der Waals surface area contributed by atoms with Crippen LogP contribution in [0.25, 0.3) is 5.82 Å². The van der Waals surface area contributed by atoms with E-state index in [0.29, 0.717) is 22.9 Å². The van der Waals surface area contributed by atoms with Gasteiger partial charge >= 0.3 is 0 Å². The quantitative estimate of drug-likeness (QED) is 0.917. The van der Waals surface area contributed by atoms with Gasteiger partial charge in [0.05, 0.1) is 28.9 Å². The summed E-state index contributed by atoms with van der Waals surface area (Å²) in [5, 5.41) is 4.47. The number of nitrogens with zero attached hydrogens (tertiary/aromatic N) is 3. The maximum Gasteiger partial charge on any atom is 0.232 e. The molecule has 0 saturated heterocycles. The Morgan fingerprint density at radius 2 is 2.26 bits per heavy atom. The smallest absolute Gasteiger partial charge is 0.232 e. The molecule has 102 valence electrons. The topological polar surface area (TPSA) is 76.9 Å². The highest BCUT2D eigenvalue weighted by Crippen LogP contribution is 2.18. The van der Waals surface area contributed by atoms with Crippen molar-refractivity contribution in [3.05, 3.63) is 35.7 Å². The molecule has 0 spiro atoms. The van der Waals surface area contributed by atoms with Crippen molar-refractivity contribution in [3.63, 3.8) is 0 Å². The van der Waals surface area contributed by atoms with Gasteiger partial charge in [0.1, 0.15) is 0 Å². The number of halogens is 1. The van der Waals surface area contributed by atoms with Crippen molar-refractivity contribution in [2.45, 2.75) is 13.3 Å². The van der Waals surface area contributed by atoms with Crippen LogP contribution < -0.4 is 4.72 Å². The fourth-order valence-electron chi connectivity index (χ4n) is 1.54. The summed E-state index contributed by atoms with van der Waals surface area (Å²) in [6, 6.07) is 3.40. The molecule has 2 heterocycles. The van der Waals surface area contributed by atoms with E-state index in [1.807, 2.05) is 0 Å². The van der Waals surface area contributed by atoms with Gasteiger partial charge < -0.3 is 0 Å². The lowest BCUT2D eigenvalue weighted by molar-refractivity contribution is 0.600. The number of aromatic nitrogens is 3. The molecule has 0 aliphatic rings. The van der Waals surface area contributed by atoms with Crippen molar-refractivity contribution in [3.8, 4) is 5.82 Å². The van der Waals surface area contributed by atoms with Crippen LogP contribution in [0.15, 0.2) is 30.7 Å². The fraction of sp³-hybridized carbons (Fsp3) is 0.273. The van der Waals surface area contributed by atoms with E-state index >= 15 is 0 Å². The van der Waals surface area contributed by atoms with Gasteiger partial charge in [-0.3, -0.25) is 4.72 Å². The third kappa shape index (κ3) is 3.45. The minimum absolute atomic E-state index is 0.0719. The molecule has 0 atom stereocenters. The number of anilines is 1. The molecular formula is C11H13ClN4O2S. The van der Waals surface area contributed by atoms with Gasteiger partial charge in [-0.1, -0.05) is 18.5 Å². The Kier molecular flexibility index (Phi) is 4.06. The SMILES string of the molecule is CCCS(=O)(=O)Nc1cnn(-c2ncccc2Cl)c1. The summed E-state index contributed by atoms with van der Waals surface area (Å²) in [7, 11) is -3.32. The average Bonchev–Trinajstić information content (AvgIpc) is 2.77. The molecule has 0 aromatic carbocycles. The normalized spacial score (nSPS) is 11.5. The van der Waals surface area contributed by atoms with E-state index in [4.69, 9.17) is 11.6 Å². The Labute approximate surface area is 116 Å². The van der Waals surface area contributed by atoms with E-state index in [1.165, 1.54) is 17.1 Å². The number of hydrogen-bond donors (Lipinski definition) is 1. The second-order valence-corrected chi connectivity index (χ2v) is 6.15. The molecule has 0 radical (unpaired) electrons. The van der Waals surface area contributed by atoms with E-state index in [9.17, 15) is 8.42 Å². The second kappa shape index (κ2) is 5.58. The third-order valence-electron chi connectivity index (χ3n) is 2.28. The van der Waals surface area contributed by atoms with Crippen LogP contribution in [0.5, 0.6) is 0 Å². The first-order valence-electron chi connectivity index (χ1n) is 5.68. The molecule has 2 aromatic rings. The summed E-state index contributed by atoms with van der Waals surface area (Å²) < 4.78 is 27.1. The van der Waals surface area contributed by atoms with Gasteiger partial charge in [0, 0.05) is 6.20 Å². The highest BCUT2D eigenvalue weighted by atomic mass is 35.5. The molecular weight excluding hydrogens is 288 g/mol. The Hall–Kier alpha value is -1.60. The van der Waals surface area contributed by atoms with Gasteiger partial charge in [-0.2, -0.15) is 5.10 Å². The first kappa shape index (κ1) is 13.8. The Morgan fingerprint density at radius 3 is 2.95 bits per heavy atom. The van der Waals surface area contributed by atoms with E-state index in [0.717, 1.165) is 0 Å². The molecule has 8 heteroatoms. The first-order chi connectivity index (χ1) is 9.02. The molecule has 2 rings (SSSR count). The van der Waals surface area contributed by atoms with Crippen LogP contribution in [0.3, 0.4) is 0 Å². The van der Waals surface area contributed by atoms with Crippen LogP contribution in [0.1, 0.15) is 13.3 Å². The van der Waals surface area contributed by atoms with Gasteiger partial charge in [-0.05, 0) is 18.6 Å².